The summed E-state index contributed by atoms with van der Waals surface area (Å²) < 4.78 is 13.3. The molecule has 2 rings (SSSR count). The summed E-state index contributed by atoms with van der Waals surface area (Å²) in [6.07, 6.45) is 4.39. The molecular weight excluding hydrogens is 275 g/mol. The van der Waals surface area contributed by atoms with Gasteiger partial charge in [0.1, 0.15) is 5.82 Å². The summed E-state index contributed by atoms with van der Waals surface area (Å²) in [6.45, 7) is 0. The lowest BCUT2D eigenvalue weighted by Crippen LogP contribution is -2.38. The number of rotatable bonds is 3. The summed E-state index contributed by atoms with van der Waals surface area (Å²) >= 11 is 0. The lowest BCUT2D eigenvalue weighted by Gasteiger charge is -2.21. The predicted molar refractivity (Wildman–Crippen MR) is 76.5 cm³/mol. The minimum Gasteiger partial charge on any atom is -0.478 e. The van der Waals surface area contributed by atoms with Gasteiger partial charge in [-0.25, -0.2) is 9.18 Å². The number of nitrogens with two attached hydrogens (primary N) is 1. The molecule has 0 radical (unpaired) electrons. The fourth-order valence-corrected chi connectivity index (χ4v) is 2.69. The van der Waals surface area contributed by atoms with Crippen molar-refractivity contribution < 1.29 is 19.1 Å². The molecule has 0 aromatic heterocycles. The zero-order valence-electron chi connectivity index (χ0n) is 11.6. The van der Waals surface area contributed by atoms with Crippen LogP contribution in [0.3, 0.4) is 0 Å². The number of halogens is 1. The predicted octanol–water partition coefficient (Wildman–Crippen LogP) is 2.37. The number of carbonyl (C=O) groups excluding carboxylic acids is 1. The lowest BCUT2D eigenvalue weighted by atomic mass is 9.94. The fraction of sp³-hybridized carbons (Fsp3) is 0.467. The third-order valence-electron chi connectivity index (χ3n) is 3.88. The summed E-state index contributed by atoms with van der Waals surface area (Å²) in [6, 6.07) is 2.97. The van der Waals surface area contributed by atoms with Crippen LogP contribution < -0.4 is 11.1 Å². The Morgan fingerprint density at radius 3 is 2.67 bits per heavy atom. The first-order valence-corrected chi connectivity index (χ1v) is 7.08. The minimum atomic E-state index is -1.21. The van der Waals surface area contributed by atoms with Gasteiger partial charge in [0.15, 0.2) is 0 Å². The van der Waals surface area contributed by atoms with Crippen molar-refractivity contribution in [3.05, 3.63) is 29.6 Å². The highest BCUT2D eigenvalue weighted by atomic mass is 19.1. The van der Waals surface area contributed by atoms with Crippen LogP contribution in [-0.4, -0.2) is 23.0 Å². The van der Waals surface area contributed by atoms with Crippen LogP contribution in [0.2, 0.25) is 0 Å². The Balaban J connectivity index is 2.18. The number of carboxylic acids is 1. The zero-order chi connectivity index (χ0) is 15.4. The molecule has 4 N–H and O–H groups in total. The molecule has 0 heterocycles. The number of hydrogen-bond donors (Lipinski definition) is 3. The molecular formula is C15H19FN2O3. The minimum absolute atomic E-state index is 0.0241. The van der Waals surface area contributed by atoms with Gasteiger partial charge in [0.25, 0.3) is 0 Å². The maximum absolute atomic E-state index is 13.3. The molecule has 1 amide bonds. The second kappa shape index (κ2) is 6.67. The Labute approximate surface area is 122 Å². The molecule has 1 aromatic rings. The Kier molecular flexibility index (Phi) is 4.90. The van der Waals surface area contributed by atoms with E-state index in [1.54, 1.807) is 0 Å². The third kappa shape index (κ3) is 3.78. The molecule has 6 heteroatoms. The smallest absolute Gasteiger partial charge is 0.337 e. The Morgan fingerprint density at radius 2 is 1.95 bits per heavy atom. The van der Waals surface area contributed by atoms with Crippen molar-refractivity contribution in [3.63, 3.8) is 0 Å². The second-order valence-electron chi connectivity index (χ2n) is 5.39. The van der Waals surface area contributed by atoms with Gasteiger partial charge in [-0.2, -0.15) is 0 Å². The van der Waals surface area contributed by atoms with E-state index >= 15 is 0 Å². The number of amides is 1. The van der Waals surface area contributed by atoms with E-state index in [1.165, 1.54) is 0 Å². The molecule has 1 aromatic carbocycles. The van der Waals surface area contributed by atoms with Crippen LogP contribution in [0.25, 0.3) is 0 Å². The largest absolute Gasteiger partial charge is 0.478 e. The van der Waals surface area contributed by atoms with Gasteiger partial charge in [0.05, 0.1) is 17.2 Å². The maximum Gasteiger partial charge on any atom is 0.337 e. The number of carbonyl (C=O) groups is 2. The van der Waals surface area contributed by atoms with Gasteiger partial charge in [-0.05, 0) is 31.0 Å². The van der Waals surface area contributed by atoms with Crippen molar-refractivity contribution in [2.24, 2.45) is 11.7 Å². The summed E-state index contributed by atoms with van der Waals surface area (Å²) in [7, 11) is 0. The molecule has 0 saturated heterocycles. The molecule has 2 unspecified atom stereocenters. The number of aromatic carboxylic acids is 1. The van der Waals surface area contributed by atoms with E-state index in [0.29, 0.717) is 6.42 Å². The van der Waals surface area contributed by atoms with Gasteiger partial charge in [-0.3, -0.25) is 4.79 Å². The first-order chi connectivity index (χ1) is 9.99. The molecule has 1 aliphatic rings. The van der Waals surface area contributed by atoms with Gasteiger partial charge in [-0.1, -0.05) is 19.3 Å². The summed E-state index contributed by atoms with van der Waals surface area (Å²) in [4.78, 5) is 23.4. The van der Waals surface area contributed by atoms with Gasteiger partial charge >= 0.3 is 5.97 Å². The van der Waals surface area contributed by atoms with Crippen molar-refractivity contribution in [1.29, 1.82) is 0 Å². The second-order valence-corrected chi connectivity index (χ2v) is 5.39. The van der Waals surface area contributed by atoms with Crippen molar-refractivity contribution in [3.8, 4) is 0 Å². The van der Waals surface area contributed by atoms with E-state index < -0.39 is 11.8 Å². The van der Waals surface area contributed by atoms with Crippen LogP contribution in [0.5, 0.6) is 0 Å². The van der Waals surface area contributed by atoms with Crippen LogP contribution in [0.1, 0.15) is 42.5 Å². The van der Waals surface area contributed by atoms with Crippen molar-refractivity contribution in [2.45, 2.75) is 38.1 Å². The summed E-state index contributed by atoms with van der Waals surface area (Å²) in [5, 5.41) is 11.6. The number of nitrogens with one attached hydrogen (secondary N) is 1. The quantitative estimate of drug-likeness (QED) is 0.746. The standard InChI is InChI=1S/C15H19FN2O3/c16-9-6-7-11(15(20)21)13(8-9)18-14(19)10-4-2-1-3-5-12(10)17/h6-8,10,12H,1-5,17H2,(H,18,19)(H,20,21). The molecule has 2 atom stereocenters. The number of benzene rings is 1. The van der Waals surface area contributed by atoms with E-state index in [0.717, 1.165) is 43.9 Å². The average molecular weight is 294 g/mol. The van der Waals surface area contributed by atoms with E-state index in [9.17, 15) is 14.0 Å². The SMILES string of the molecule is NC1CCCCCC1C(=O)Nc1cc(F)ccc1C(=O)O. The molecule has 1 saturated carbocycles. The fourth-order valence-electron chi connectivity index (χ4n) is 2.69. The number of carboxylic acid groups (broad SMARTS) is 1. The van der Waals surface area contributed by atoms with Crippen molar-refractivity contribution in [1.82, 2.24) is 0 Å². The molecule has 0 bridgehead atoms. The van der Waals surface area contributed by atoms with Gasteiger partial charge in [0, 0.05) is 6.04 Å². The highest BCUT2D eigenvalue weighted by Crippen LogP contribution is 2.25. The highest BCUT2D eigenvalue weighted by molar-refractivity contribution is 6.01. The first kappa shape index (κ1) is 15.4. The average Bonchev–Trinajstić information content (AvgIpc) is 2.63. The van der Waals surface area contributed by atoms with Crippen LogP contribution >= 0.6 is 0 Å². The van der Waals surface area contributed by atoms with Gasteiger partial charge < -0.3 is 16.2 Å². The molecule has 0 spiro atoms. The Morgan fingerprint density at radius 1 is 1.24 bits per heavy atom. The third-order valence-corrected chi connectivity index (χ3v) is 3.88. The lowest BCUT2D eigenvalue weighted by molar-refractivity contribution is -0.120. The molecule has 1 aliphatic carbocycles. The first-order valence-electron chi connectivity index (χ1n) is 7.08. The number of hydrogen-bond acceptors (Lipinski definition) is 3. The zero-order valence-corrected chi connectivity index (χ0v) is 11.6. The van der Waals surface area contributed by atoms with Crippen molar-refractivity contribution >= 4 is 17.6 Å². The molecule has 1 fully saturated rings. The van der Waals surface area contributed by atoms with Crippen LogP contribution in [-0.2, 0) is 4.79 Å². The Hall–Kier alpha value is -1.95. The normalized spacial score (nSPS) is 22.4. The van der Waals surface area contributed by atoms with Gasteiger partial charge in [0.2, 0.25) is 5.91 Å². The van der Waals surface area contributed by atoms with Crippen LogP contribution in [0.15, 0.2) is 18.2 Å². The van der Waals surface area contributed by atoms with E-state index in [1.807, 2.05) is 0 Å². The van der Waals surface area contributed by atoms with Crippen molar-refractivity contribution in [2.75, 3.05) is 5.32 Å². The summed E-state index contributed by atoms with van der Waals surface area (Å²) in [5.74, 6) is -2.51. The monoisotopic (exact) mass is 294 g/mol. The molecule has 5 nitrogen and oxygen atoms in total. The van der Waals surface area contributed by atoms with E-state index in [-0.39, 0.29) is 29.1 Å². The van der Waals surface area contributed by atoms with Crippen LogP contribution in [0, 0.1) is 11.7 Å². The van der Waals surface area contributed by atoms with E-state index in [2.05, 4.69) is 5.32 Å². The molecule has 114 valence electrons. The number of anilines is 1. The molecule has 21 heavy (non-hydrogen) atoms. The molecule has 0 aliphatic heterocycles. The highest BCUT2D eigenvalue weighted by Gasteiger charge is 2.28. The summed E-state index contributed by atoms with van der Waals surface area (Å²) in [5.41, 5.74) is 5.85. The topological polar surface area (TPSA) is 92.4 Å². The maximum atomic E-state index is 13.3. The van der Waals surface area contributed by atoms with E-state index in [4.69, 9.17) is 10.8 Å². The van der Waals surface area contributed by atoms with Crippen LogP contribution in [0.4, 0.5) is 10.1 Å². The van der Waals surface area contributed by atoms with Gasteiger partial charge in [-0.15, -0.1) is 0 Å². The Bertz CT molecular complexity index is 548.